The zero-order valence-corrected chi connectivity index (χ0v) is 14.1. The number of aliphatic carboxylic acids is 1. The molecular formula is C14H16N2O5S2. The molecular weight excluding hydrogens is 340 g/mol. The van der Waals surface area contributed by atoms with Crippen LogP contribution >= 0.6 is 11.3 Å². The van der Waals surface area contributed by atoms with Crippen LogP contribution < -0.4 is 0 Å². The number of carboxylic acids is 1. The molecule has 0 saturated carbocycles. The highest BCUT2D eigenvalue weighted by Crippen LogP contribution is 2.36. The van der Waals surface area contributed by atoms with E-state index >= 15 is 0 Å². The number of methoxy groups -OCH3 is 1. The molecule has 0 radical (unpaired) electrons. The topological polar surface area (TPSA) is 96.8 Å². The molecule has 0 bridgehead atoms. The highest BCUT2D eigenvalue weighted by atomic mass is 32.2. The van der Waals surface area contributed by atoms with E-state index in [4.69, 9.17) is 4.74 Å². The average molecular weight is 356 g/mol. The number of nitrogens with zero attached hydrogens (tertiary/aromatic N) is 2. The molecule has 1 unspecified atom stereocenters. The van der Waals surface area contributed by atoms with Gasteiger partial charge in [-0.15, -0.1) is 11.3 Å². The van der Waals surface area contributed by atoms with Crippen LogP contribution in [0.2, 0.25) is 0 Å². The molecule has 0 aliphatic carbocycles. The van der Waals surface area contributed by atoms with E-state index in [9.17, 15) is 18.3 Å². The summed E-state index contributed by atoms with van der Waals surface area (Å²) in [4.78, 5) is 15.9. The van der Waals surface area contributed by atoms with Gasteiger partial charge in [-0.2, -0.15) is 4.31 Å². The van der Waals surface area contributed by atoms with E-state index in [1.54, 1.807) is 12.1 Å². The predicted octanol–water partition coefficient (Wildman–Crippen LogP) is 1.55. The van der Waals surface area contributed by atoms with Crippen LogP contribution in [-0.4, -0.2) is 54.6 Å². The summed E-state index contributed by atoms with van der Waals surface area (Å²) in [6.45, 7) is -0.0310. The van der Waals surface area contributed by atoms with Crippen LogP contribution in [-0.2, 0) is 19.6 Å². The fourth-order valence-electron chi connectivity index (χ4n) is 2.96. The van der Waals surface area contributed by atoms with E-state index in [2.05, 4.69) is 4.98 Å². The monoisotopic (exact) mass is 356 g/mol. The van der Waals surface area contributed by atoms with Crippen molar-refractivity contribution in [3.63, 3.8) is 0 Å². The fraction of sp³-hybridized carbons (Fsp3) is 0.429. The lowest BCUT2D eigenvalue weighted by Crippen LogP contribution is -2.55. The lowest BCUT2D eigenvalue weighted by atomic mass is 9.99. The summed E-state index contributed by atoms with van der Waals surface area (Å²) in [7, 11) is -2.60. The van der Waals surface area contributed by atoms with Crippen molar-refractivity contribution in [2.24, 2.45) is 0 Å². The van der Waals surface area contributed by atoms with Crippen LogP contribution in [0.1, 0.15) is 12.8 Å². The van der Waals surface area contributed by atoms with Gasteiger partial charge in [0.2, 0.25) is 10.0 Å². The first-order valence-corrected chi connectivity index (χ1v) is 9.32. The number of carbonyl (C=O) groups is 1. The fourth-order valence-corrected chi connectivity index (χ4v) is 5.57. The molecule has 1 atom stereocenters. The van der Waals surface area contributed by atoms with Crippen LogP contribution in [0.4, 0.5) is 0 Å². The Bertz CT molecular complexity index is 848. The van der Waals surface area contributed by atoms with Crippen LogP contribution in [0.5, 0.6) is 0 Å². The molecule has 124 valence electrons. The lowest BCUT2D eigenvalue weighted by Gasteiger charge is -2.33. The van der Waals surface area contributed by atoms with Gasteiger partial charge < -0.3 is 9.84 Å². The number of pyridine rings is 1. The van der Waals surface area contributed by atoms with Crippen molar-refractivity contribution < 1.29 is 23.1 Å². The minimum Gasteiger partial charge on any atom is -0.480 e. The third kappa shape index (κ3) is 2.53. The van der Waals surface area contributed by atoms with Crippen LogP contribution in [0.15, 0.2) is 28.6 Å². The minimum atomic E-state index is -3.97. The Morgan fingerprint density at radius 3 is 3.04 bits per heavy atom. The maximum atomic E-state index is 13.0. The number of fused-ring (bicyclic) bond motifs is 1. The first-order valence-electron chi connectivity index (χ1n) is 7.00. The summed E-state index contributed by atoms with van der Waals surface area (Å²) in [6.07, 6.45) is 1.98. The average Bonchev–Trinajstić information content (AvgIpc) is 3.13. The molecule has 7 nitrogen and oxygen atoms in total. The number of carboxylic acid groups (broad SMARTS) is 1. The number of hydrogen-bond acceptors (Lipinski definition) is 6. The molecule has 23 heavy (non-hydrogen) atoms. The van der Waals surface area contributed by atoms with Gasteiger partial charge in [0, 0.05) is 19.9 Å². The first kappa shape index (κ1) is 16.3. The second-order valence-corrected chi connectivity index (χ2v) is 8.24. The standard InChI is InChI=1S/C14H16N2O5S2/c1-21-9-14(13(17)18)4-2-5-16(14)23(19,20)10-7-12-11(15-8-10)3-6-22-12/h3,6-8H,2,4-5,9H2,1H3,(H,17,18). The third-order valence-corrected chi connectivity index (χ3v) is 6.86. The second-order valence-electron chi connectivity index (χ2n) is 5.43. The van der Waals surface area contributed by atoms with Crippen LogP contribution in [0.25, 0.3) is 10.2 Å². The third-order valence-electron chi connectivity index (χ3n) is 4.08. The molecule has 1 N–H and O–H groups in total. The van der Waals surface area contributed by atoms with Gasteiger partial charge in [-0.3, -0.25) is 9.78 Å². The van der Waals surface area contributed by atoms with E-state index in [1.165, 1.54) is 24.6 Å². The summed E-state index contributed by atoms with van der Waals surface area (Å²) >= 11 is 1.39. The maximum Gasteiger partial charge on any atom is 0.327 e. The Labute approximate surface area is 137 Å². The van der Waals surface area contributed by atoms with Gasteiger partial charge in [0.25, 0.3) is 0 Å². The minimum absolute atomic E-state index is 0.0103. The number of thiophene rings is 1. The Hall–Kier alpha value is -1.55. The molecule has 2 aromatic rings. The highest BCUT2D eigenvalue weighted by molar-refractivity contribution is 7.89. The lowest BCUT2D eigenvalue weighted by molar-refractivity contribution is -0.150. The largest absolute Gasteiger partial charge is 0.480 e. The van der Waals surface area contributed by atoms with Gasteiger partial charge in [-0.05, 0) is 30.4 Å². The molecule has 1 fully saturated rings. The summed E-state index contributed by atoms with van der Waals surface area (Å²) in [5.41, 5.74) is -0.838. The van der Waals surface area contributed by atoms with Crippen molar-refractivity contribution in [2.75, 3.05) is 20.3 Å². The molecule has 1 saturated heterocycles. The molecule has 0 aromatic carbocycles. The summed E-state index contributed by atoms with van der Waals surface area (Å²) in [5.74, 6) is -1.19. The van der Waals surface area contributed by atoms with Crippen LogP contribution in [0.3, 0.4) is 0 Å². The summed E-state index contributed by atoms with van der Waals surface area (Å²) in [5, 5.41) is 11.4. The number of rotatable bonds is 5. The Morgan fingerprint density at radius 1 is 1.57 bits per heavy atom. The molecule has 0 spiro atoms. The number of ether oxygens (including phenoxy) is 1. The quantitative estimate of drug-likeness (QED) is 0.873. The van der Waals surface area contributed by atoms with Crippen molar-refractivity contribution in [3.05, 3.63) is 23.7 Å². The van der Waals surface area contributed by atoms with E-state index in [0.717, 1.165) is 14.5 Å². The van der Waals surface area contributed by atoms with Crippen molar-refractivity contribution in [1.82, 2.24) is 9.29 Å². The summed E-state index contributed by atoms with van der Waals surface area (Å²) in [6, 6.07) is 3.35. The number of sulfonamides is 1. The SMILES string of the molecule is COCC1(C(=O)O)CCCN1S(=O)(=O)c1cnc2ccsc2c1. The van der Waals surface area contributed by atoms with E-state index in [0.29, 0.717) is 6.42 Å². The number of hydrogen-bond donors (Lipinski definition) is 1. The van der Waals surface area contributed by atoms with Gasteiger partial charge in [-0.25, -0.2) is 8.42 Å². The molecule has 3 rings (SSSR count). The van der Waals surface area contributed by atoms with Crippen molar-refractivity contribution in [2.45, 2.75) is 23.3 Å². The smallest absolute Gasteiger partial charge is 0.327 e. The zero-order chi connectivity index (χ0) is 16.7. The highest BCUT2D eigenvalue weighted by Gasteiger charge is 2.53. The van der Waals surface area contributed by atoms with Crippen LogP contribution in [0, 0.1) is 0 Å². The maximum absolute atomic E-state index is 13.0. The van der Waals surface area contributed by atoms with E-state index in [1.807, 2.05) is 5.38 Å². The zero-order valence-electron chi connectivity index (χ0n) is 12.4. The normalized spacial score (nSPS) is 22.7. The van der Waals surface area contributed by atoms with Crippen molar-refractivity contribution >= 4 is 37.5 Å². The van der Waals surface area contributed by atoms with Gasteiger partial charge in [0.15, 0.2) is 5.54 Å². The second kappa shape index (κ2) is 5.82. The Morgan fingerprint density at radius 2 is 2.35 bits per heavy atom. The van der Waals surface area contributed by atoms with E-state index < -0.39 is 21.5 Å². The first-order chi connectivity index (χ1) is 10.9. The van der Waals surface area contributed by atoms with Gasteiger partial charge in [0.05, 0.1) is 16.8 Å². The van der Waals surface area contributed by atoms with Gasteiger partial charge >= 0.3 is 5.97 Å². The van der Waals surface area contributed by atoms with Crippen molar-refractivity contribution in [1.29, 1.82) is 0 Å². The van der Waals surface area contributed by atoms with Gasteiger partial charge in [0.1, 0.15) is 4.90 Å². The predicted molar refractivity (Wildman–Crippen MR) is 85.0 cm³/mol. The molecule has 3 heterocycles. The molecule has 2 aromatic heterocycles. The molecule has 1 aliphatic heterocycles. The van der Waals surface area contributed by atoms with Crippen molar-refractivity contribution in [3.8, 4) is 0 Å². The van der Waals surface area contributed by atoms with E-state index in [-0.39, 0.29) is 24.5 Å². The molecule has 9 heteroatoms. The molecule has 1 aliphatic rings. The molecule has 0 amide bonds. The summed E-state index contributed by atoms with van der Waals surface area (Å²) < 4.78 is 32.7. The Kier molecular flexibility index (Phi) is 4.13. The van der Waals surface area contributed by atoms with Gasteiger partial charge in [-0.1, -0.05) is 0 Å². The number of aromatic nitrogens is 1. The Balaban J connectivity index is 2.08.